The molecule has 0 fully saturated rings. The second-order valence-electron chi connectivity index (χ2n) is 4.01. The predicted molar refractivity (Wildman–Crippen MR) is 48.6 cm³/mol. The average molecular weight is 154 g/mol. The quantitative estimate of drug-likeness (QED) is 0.544. The zero-order valence-corrected chi connectivity index (χ0v) is 8.18. The van der Waals surface area contributed by atoms with Crippen molar-refractivity contribution in [1.82, 2.24) is 0 Å². The van der Waals surface area contributed by atoms with E-state index in [9.17, 15) is 0 Å². The van der Waals surface area contributed by atoms with Crippen LogP contribution in [0, 0.1) is 5.41 Å². The van der Waals surface area contributed by atoms with Gasteiger partial charge in [-0.1, -0.05) is 27.4 Å². The third kappa shape index (κ3) is 4.71. The molecule has 11 heavy (non-hydrogen) atoms. The summed E-state index contributed by atoms with van der Waals surface area (Å²) in [7, 11) is 0. The molecule has 0 saturated carbocycles. The first-order valence-corrected chi connectivity index (χ1v) is 3.94. The van der Waals surface area contributed by atoms with Crippen molar-refractivity contribution >= 4 is 0 Å². The second-order valence-corrected chi connectivity index (χ2v) is 4.01. The molecule has 0 aliphatic rings. The first-order chi connectivity index (χ1) is 4.84. The normalized spacial score (nSPS) is 12.9. The maximum absolute atomic E-state index is 4.03. The van der Waals surface area contributed by atoms with Crippen LogP contribution in [0.15, 0.2) is 22.5 Å². The van der Waals surface area contributed by atoms with Crippen LogP contribution in [0.25, 0.3) is 0 Å². The standard InChI is InChI=1S/C9H18N2/c1-7(2)10-11-8(3)9(4,5)6/h7H,3H2,1-2,4-6H3. The molecule has 64 valence electrons. The van der Waals surface area contributed by atoms with Crippen molar-refractivity contribution in [3.8, 4) is 0 Å². The van der Waals surface area contributed by atoms with Gasteiger partial charge in [0.05, 0.1) is 11.7 Å². The van der Waals surface area contributed by atoms with E-state index in [4.69, 9.17) is 0 Å². The highest BCUT2D eigenvalue weighted by Crippen LogP contribution is 2.24. The van der Waals surface area contributed by atoms with Gasteiger partial charge >= 0.3 is 0 Å². The van der Waals surface area contributed by atoms with Crippen LogP contribution in [0.1, 0.15) is 34.6 Å². The fourth-order valence-electron chi connectivity index (χ4n) is 0.335. The molecule has 0 aromatic heterocycles. The van der Waals surface area contributed by atoms with Gasteiger partial charge in [0.2, 0.25) is 0 Å². The molecule has 2 heteroatoms. The minimum absolute atomic E-state index is 0.0401. The molecule has 0 bridgehead atoms. The van der Waals surface area contributed by atoms with E-state index in [0.29, 0.717) is 0 Å². The Kier molecular flexibility index (Phi) is 3.43. The van der Waals surface area contributed by atoms with Gasteiger partial charge in [-0.25, -0.2) is 0 Å². The summed E-state index contributed by atoms with van der Waals surface area (Å²) >= 11 is 0. The molecule has 0 unspecified atom stereocenters. The van der Waals surface area contributed by atoms with E-state index in [2.05, 4.69) is 37.6 Å². The summed E-state index contributed by atoms with van der Waals surface area (Å²) in [6.07, 6.45) is 0. The number of azo groups is 1. The Balaban J connectivity index is 4.09. The van der Waals surface area contributed by atoms with E-state index in [1.807, 2.05) is 13.8 Å². The molecule has 0 aromatic carbocycles. The van der Waals surface area contributed by atoms with Crippen LogP contribution in [-0.4, -0.2) is 6.04 Å². The van der Waals surface area contributed by atoms with E-state index in [-0.39, 0.29) is 11.5 Å². The first-order valence-electron chi connectivity index (χ1n) is 3.94. The number of allylic oxidation sites excluding steroid dienone is 1. The van der Waals surface area contributed by atoms with Crippen LogP contribution >= 0.6 is 0 Å². The molecule has 2 nitrogen and oxygen atoms in total. The number of nitrogens with zero attached hydrogens (tertiary/aromatic N) is 2. The van der Waals surface area contributed by atoms with Crippen molar-refractivity contribution in [3.63, 3.8) is 0 Å². The fourth-order valence-corrected chi connectivity index (χ4v) is 0.335. The van der Waals surface area contributed by atoms with Crippen LogP contribution in [0.5, 0.6) is 0 Å². The lowest BCUT2D eigenvalue weighted by Gasteiger charge is -2.16. The first kappa shape index (κ1) is 10.3. The van der Waals surface area contributed by atoms with Gasteiger partial charge in [-0.05, 0) is 13.8 Å². The maximum Gasteiger partial charge on any atom is 0.0656 e. The van der Waals surface area contributed by atoms with Gasteiger partial charge < -0.3 is 0 Å². The minimum Gasteiger partial charge on any atom is -0.186 e. The molecule has 0 saturated heterocycles. The van der Waals surface area contributed by atoms with E-state index >= 15 is 0 Å². The lowest BCUT2D eigenvalue weighted by molar-refractivity contribution is 0.490. The highest BCUT2D eigenvalue weighted by Gasteiger charge is 2.13. The summed E-state index contributed by atoms with van der Waals surface area (Å²) in [5.74, 6) is 0. The Morgan fingerprint density at radius 1 is 1.27 bits per heavy atom. The van der Waals surface area contributed by atoms with Gasteiger partial charge in [0.15, 0.2) is 0 Å². The SMILES string of the molecule is C=C(N=NC(C)C)C(C)(C)C. The molecule has 0 aromatic rings. The largest absolute Gasteiger partial charge is 0.186 e. The van der Waals surface area contributed by atoms with Crippen LogP contribution < -0.4 is 0 Å². The van der Waals surface area contributed by atoms with Gasteiger partial charge in [0.25, 0.3) is 0 Å². The highest BCUT2D eigenvalue weighted by atomic mass is 15.1. The Hall–Kier alpha value is -0.660. The third-order valence-electron chi connectivity index (χ3n) is 1.28. The highest BCUT2D eigenvalue weighted by molar-refractivity contribution is 5.01. The van der Waals surface area contributed by atoms with E-state index in [1.165, 1.54) is 0 Å². The molecule has 0 aliphatic heterocycles. The monoisotopic (exact) mass is 154 g/mol. The van der Waals surface area contributed by atoms with Crippen molar-refractivity contribution in [1.29, 1.82) is 0 Å². The molecular formula is C9H18N2. The molecule has 0 radical (unpaired) electrons. The third-order valence-corrected chi connectivity index (χ3v) is 1.28. The topological polar surface area (TPSA) is 24.7 Å². The average Bonchev–Trinajstić information content (AvgIpc) is 1.80. The van der Waals surface area contributed by atoms with E-state index < -0.39 is 0 Å². The predicted octanol–water partition coefficient (Wildman–Crippen LogP) is 3.41. The smallest absolute Gasteiger partial charge is 0.0656 e. The van der Waals surface area contributed by atoms with Gasteiger partial charge in [0.1, 0.15) is 0 Å². The van der Waals surface area contributed by atoms with Crippen LogP contribution in [-0.2, 0) is 0 Å². The number of rotatable bonds is 2. The van der Waals surface area contributed by atoms with Crippen molar-refractivity contribution < 1.29 is 0 Å². The molecule has 0 aliphatic carbocycles. The zero-order valence-electron chi connectivity index (χ0n) is 8.18. The van der Waals surface area contributed by atoms with Crippen LogP contribution in [0.3, 0.4) is 0 Å². The molecule has 0 amide bonds. The summed E-state index contributed by atoms with van der Waals surface area (Å²) in [4.78, 5) is 0. The van der Waals surface area contributed by atoms with Crippen LogP contribution in [0.4, 0.5) is 0 Å². The summed E-state index contributed by atoms with van der Waals surface area (Å²) in [6, 6.07) is 0.258. The maximum atomic E-state index is 4.03. The van der Waals surface area contributed by atoms with E-state index in [0.717, 1.165) is 5.70 Å². The molecule has 0 rings (SSSR count). The van der Waals surface area contributed by atoms with Gasteiger partial charge in [0, 0.05) is 5.41 Å². The van der Waals surface area contributed by atoms with Crippen molar-refractivity contribution in [2.75, 3.05) is 0 Å². The zero-order chi connectivity index (χ0) is 9.07. The number of hydrogen-bond acceptors (Lipinski definition) is 2. The minimum atomic E-state index is 0.0401. The van der Waals surface area contributed by atoms with Gasteiger partial charge in [-0.15, -0.1) is 0 Å². The molecule has 0 atom stereocenters. The second kappa shape index (κ2) is 3.65. The van der Waals surface area contributed by atoms with E-state index in [1.54, 1.807) is 0 Å². The Bertz CT molecular complexity index is 161. The Morgan fingerprint density at radius 2 is 1.73 bits per heavy atom. The van der Waals surface area contributed by atoms with Crippen molar-refractivity contribution in [3.05, 3.63) is 12.3 Å². The summed E-state index contributed by atoms with van der Waals surface area (Å²) in [6.45, 7) is 14.1. The molecule has 0 heterocycles. The molecule has 0 N–H and O–H groups in total. The molecular weight excluding hydrogens is 136 g/mol. The summed E-state index contributed by atoms with van der Waals surface area (Å²) in [5, 5.41) is 8.04. The summed E-state index contributed by atoms with van der Waals surface area (Å²) in [5.41, 5.74) is 0.879. The summed E-state index contributed by atoms with van der Waals surface area (Å²) < 4.78 is 0. The Labute approximate surface area is 69.4 Å². The van der Waals surface area contributed by atoms with Gasteiger partial charge in [-0.3, -0.25) is 0 Å². The van der Waals surface area contributed by atoms with Crippen molar-refractivity contribution in [2.45, 2.75) is 40.7 Å². The Morgan fingerprint density at radius 3 is 2.00 bits per heavy atom. The lowest BCUT2D eigenvalue weighted by atomic mass is 9.94. The van der Waals surface area contributed by atoms with Crippen LogP contribution in [0.2, 0.25) is 0 Å². The molecule has 0 spiro atoms. The number of hydrogen-bond donors (Lipinski definition) is 0. The van der Waals surface area contributed by atoms with Gasteiger partial charge in [-0.2, -0.15) is 10.2 Å². The lowest BCUT2D eigenvalue weighted by Crippen LogP contribution is -2.06. The fraction of sp³-hybridized carbons (Fsp3) is 0.778. The van der Waals surface area contributed by atoms with Crippen molar-refractivity contribution in [2.24, 2.45) is 15.6 Å².